The summed E-state index contributed by atoms with van der Waals surface area (Å²) < 4.78 is 0. The molecule has 136 valence electrons. The van der Waals surface area contributed by atoms with E-state index in [9.17, 15) is 14.7 Å². The van der Waals surface area contributed by atoms with Gasteiger partial charge >= 0.3 is 5.97 Å². The monoisotopic (exact) mass is 378 g/mol. The van der Waals surface area contributed by atoms with Crippen molar-refractivity contribution >= 4 is 39.1 Å². The van der Waals surface area contributed by atoms with Crippen LogP contribution >= 0.6 is 11.3 Å². The van der Waals surface area contributed by atoms with Gasteiger partial charge in [0.2, 0.25) is 5.91 Å². The molecule has 2 aromatic carbocycles. The number of carboxylic acid groups (broad SMARTS) is 1. The third-order valence-electron chi connectivity index (χ3n) is 4.89. The zero-order valence-corrected chi connectivity index (χ0v) is 15.3. The molecule has 1 amide bonds. The van der Waals surface area contributed by atoms with E-state index in [4.69, 9.17) is 0 Å². The SMILES string of the molecule is O=C(O)[C@@H]1CC=CC[C@H]1C(=O)Nc1nc(-c2cccc3ccccc23)cs1. The van der Waals surface area contributed by atoms with E-state index < -0.39 is 17.8 Å². The minimum absolute atomic E-state index is 0.287. The molecule has 0 aliphatic heterocycles. The predicted molar refractivity (Wildman–Crippen MR) is 107 cm³/mol. The molecule has 1 heterocycles. The number of hydrogen-bond donors (Lipinski definition) is 2. The summed E-state index contributed by atoms with van der Waals surface area (Å²) in [6.45, 7) is 0. The normalized spacial score (nSPS) is 19.1. The second-order valence-corrected chi connectivity index (χ2v) is 7.41. The van der Waals surface area contributed by atoms with E-state index in [0.29, 0.717) is 18.0 Å². The second kappa shape index (κ2) is 7.32. The number of rotatable bonds is 4. The number of carbonyl (C=O) groups is 2. The maximum Gasteiger partial charge on any atom is 0.307 e. The fraction of sp³-hybridized carbons (Fsp3) is 0.190. The molecule has 0 saturated carbocycles. The number of anilines is 1. The zero-order valence-electron chi connectivity index (χ0n) is 14.5. The summed E-state index contributed by atoms with van der Waals surface area (Å²) in [5, 5.41) is 16.8. The van der Waals surface area contributed by atoms with Gasteiger partial charge < -0.3 is 10.4 Å². The largest absolute Gasteiger partial charge is 0.481 e. The molecule has 0 spiro atoms. The molecule has 0 saturated heterocycles. The second-order valence-electron chi connectivity index (χ2n) is 6.55. The van der Waals surface area contributed by atoms with E-state index in [1.165, 1.54) is 11.3 Å². The first-order valence-corrected chi connectivity index (χ1v) is 9.64. The maximum absolute atomic E-state index is 12.6. The van der Waals surface area contributed by atoms with Crippen molar-refractivity contribution in [1.82, 2.24) is 4.98 Å². The van der Waals surface area contributed by atoms with Crippen molar-refractivity contribution in [3.05, 3.63) is 60.0 Å². The van der Waals surface area contributed by atoms with Crippen LogP contribution in [0.25, 0.3) is 22.0 Å². The molecular formula is C21H18N2O3S. The molecule has 0 radical (unpaired) electrons. The van der Waals surface area contributed by atoms with Crippen LogP contribution in [-0.4, -0.2) is 22.0 Å². The number of carbonyl (C=O) groups excluding carboxylic acids is 1. The lowest BCUT2D eigenvalue weighted by Crippen LogP contribution is -2.34. The number of aromatic nitrogens is 1. The van der Waals surface area contributed by atoms with Gasteiger partial charge in [-0.15, -0.1) is 11.3 Å². The highest BCUT2D eigenvalue weighted by Gasteiger charge is 2.34. The molecular weight excluding hydrogens is 360 g/mol. The van der Waals surface area contributed by atoms with Gasteiger partial charge in [-0.2, -0.15) is 0 Å². The van der Waals surface area contributed by atoms with Crippen molar-refractivity contribution in [2.75, 3.05) is 5.32 Å². The van der Waals surface area contributed by atoms with Crippen LogP contribution in [0, 0.1) is 11.8 Å². The lowest BCUT2D eigenvalue weighted by molar-refractivity contribution is -0.146. The number of thiazole rings is 1. The number of amides is 1. The molecule has 1 aliphatic carbocycles. The smallest absolute Gasteiger partial charge is 0.307 e. The van der Waals surface area contributed by atoms with Gasteiger partial charge in [0.25, 0.3) is 0 Å². The molecule has 6 heteroatoms. The van der Waals surface area contributed by atoms with Crippen molar-refractivity contribution in [3.8, 4) is 11.3 Å². The van der Waals surface area contributed by atoms with Gasteiger partial charge in [-0.3, -0.25) is 9.59 Å². The molecule has 27 heavy (non-hydrogen) atoms. The fourth-order valence-corrected chi connectivity index (χ4v) is 4.19. The number of nitrogens with zero attached hydrogens (tertiary/aromatic N) is 1. The number of carboxylic acids is 1. The van der Waals surface area contributed by atoms with Gasteiger partial charge in [-0.05, 0) is 23.6 Å². The summed E-state index contributed by atoms with van der Waals surface area (Å²) in [6, 6.07) is 14.1. The Morgan fingerprint density at radius 3 is 2.59 bits per heavy atom. The highest BCUT2D eigenvalue weighted by Crippen LogP contribution is 2.32. The van der Waals surface area contributed by atoms with Crippen LogP contribution in [0.5, 0.6) is 0 Å². The summed E-state index contributed by atoms with van der Waals surface area (Å²) in [5.74, 6) is -2.48. The summed E-state index contributed by atoms with van der Waals surface area (Å²) in [7, 11) is 0. The summed E-state index contributed by atoms with van der Waals surface area (Å²) in [5.41, 5.74) is 1.80. The number of fused-ring (bicyclic) bond motifs is 1. The Balaban J connectivity index is 1.57. The highest BCUT2D eigenvalue weighted by molar-refractivity contribution is 7.14. The molecule has 4 rings (SSSR count). The minimum Gasteiger partial charge on any atom is -0.481 e. The van der Waals surface area contributed by atoms with Crippen molar-refractivity contribution in [2.24, 2.45) is 11.8 Å². The first-order chi connectivity index (χ1) is 13.1. The summed E-state index contributed by atoms with van der Waals surface area (Å²) in [4.78, 5) is 28.6. The van der Waals surface area contributed by atoms with E-state index in [2.05, 4.69) is 22.4 Å². The van der Waals surface area contributed by atoms with Gasteiger partial charge in [-0.1, -0.05) is 54.6 Å². The van der Waals surface area contributed by atoms with Crippen LogP contribution in [0.3, 0.4) is 0 Å². The van der Waals surface area contributed by atoms with Crippen molar-refractivity contribution < 1.29 is 14.7 Å². The van der Waals surface area contributed by atoms with Crippen LogP contribution in [0.2, 0.25) is 0 Å². The summed E-state index contributed by atoms with van der Waals surface area (Å²) >= 11 is 1.35. The van der Waals surface area contributed by atoms with Gasteiger partial charge in [0, 0.05) is 10.9 Å². The molecule has 2 atom stereocenters. The first kappa shape index (κ1) is 17.4. The Morgan fingerprint density at radius 2 is 1.78 bits per heavy atom. The molecule has 1 aromatic heterocycles. The Hall–Kier alpha value is -2.99. The van der Waals surface area contributed by atoms with E-state index in [0.717, 1.165) is 22.0 Å². The van der Waals surface area contributed by atoms with Gasteiger partial charge in [0.15, 0.2) is 5.13 Å². The van der Waals surface area contributed by atoms with Gasteiger partial charge in [0.1, 0.15) is 0 Å². The Morgan fingerprint density at radius 1 is 1.04 bits per heavy atom. The number of allylic oxidation sites excluding steroid dienone is 2. The molecule has 3 aromatic rings. The van der Waals surface area contributed by atoms with Crippen LogP contribution < -0.4 is 5.32 Å². The standard InChI is InChI=1S/C21H18N2O3S/c24-19(16-9-3-4-10-17(16)20(25)26)23-21-22-18(12-27-21)15-11-5-7-13-6-1-2-8-14(13)15/h1-8,11-12,16-17H,9-10H2,(H,25,26)(H,22,23,24)/t16-,17-/m1/s1. The van der Waals surface area contributed by atoms with Crippen LogP contribution in [0.1, 0.15) is 12.8 Å². The van der Waals surface area contributed by atoms with Crippen molar-refractivity contribution in [2.45, 2.75) is 12.8 Å². The third kappa shape index (κ3) is 3.48. The average molecular weight is 378 g/mol. The predicted octanol–water partition coefficient (Wildman–Crippen LogP) is 4.57. The Kier molecular flexibility index (Phi) is 4.73. The lowest BCUT2D eigenvalue weighted by Gasteiger charge is -2.23. The number of hydrogen-bond acceptors (Lipinski definition) is 4. The third-order valence-corrected chi connectivity index (χ3v) is 5.64. The van der Waals surface area contributed by atoms with Crippen molar-refractivity contribution in [3.63, 3.8) is 0 Å². The molecule has 1 aliphatic rings. The molecule has 0 unspecified atom stereocenters. The van der Waals surface area contributed by atoms with Gasteiger partial charge in [0.05, 0.1) is 17.5 Å². The quantitative estimate of drug-likeness (QED) is 0.652. The molecule has 5 nitrogen and oxygen atoms in total. The van der Waals surface area contributed by atoms with Gasteiger partial charge in [-0.25, -0.2) is 4.98 Å². The number of nitrogens with one attached hydrogen (secondary N) is 1. The Labute approximate surface area is 160 Å². The average Bonchev–Trinajstić information content (AvgIpc) is 3.15. The Bertz CT molecular complexity index is 1040. The zero-order chi connectivity index (χ0) is 18.8. The molecule has 2 N–H and O–H groups in total. The molecule has 0 bridgehead atoms. The number of benzene rings is 2. The van der Waals surface area contributed by atoms with Crippen LogP contribution in [0.4, 0.5) is 5.13 Å². The summed E-state index contributed by atoms with van der Waals surface area (Å²) in [6.07, 6.45) is 4.51. The maximum atomic E-state index is 12.6. The van der Waals surface area contributed by atoms with E-state index in [-0.39, 0.29) is 5.91 Å². The lowest BCUT2D eigenvalue weighted by atomic mass is 9.82. The van der Waals surface area contributed by atoms with Crippen LogP contribution in [0.15, 0.2) is 60.0 Å². The van der Waals surface area contributed by atoms with E-state index >= 15 is 0 Å². The van der Waals surface area contributed by atoms with E-state index in [1.807, 2.05) is 47.9 Å². The first-order valence-electron chi connectivity index (χ1n) is 8.76. The minimum atomic E-state index is -0.935. The van der Waals surface area contributed by atoms with Crippen molar-refractivity contribution in [1.29, 1.82) is 0 Å². The number of aliphatic carboxylic acids is 1. The fourth-order valence-electron chi connectivity index (χ4n) is 3.48. The molecule has 0 fully saturated rings. The highest BCUT2D eigenvalue weighted by atomic mass is 32.1. The topological polar surface area (TPSA) is 79.3 Å². The van der Waals surface area contributed by atoms with E-state index in [1.54, 1.807) is 0 Å². The van der Waals surface area contributed by atoms with Crippen LogP contribution in [-0.2, 0) is 9.59 Å².